The van der Waals surface area contributed by atoms with E-state index in [0.717, 1.165) is 37.9 Å². The Morgan fingerprint density at radius 2 is 1.74 bits per heavy atom. The van der Waals surface area contributed by atoms with Gasteiger partial charge < -0.3 is 25.3 Å². The molecule has 0 amide bonds. The number of aromatic nitrogens is 1. The van der Waals surface area contributed by atoms with Crippen LogP contribution in [0.2, 0.25) is 0 Å². The Bertz CT molecular complexity index is 705. The van der Waals surface area contributed by atoms with Gasteiger partial charge in [-0.15, -0.1) is 11.3 Å². The zero-order chi connectivity index (χ0) is 27.2. The highest BCUT2D eigenvalue weighted by Gasteiger charge is 2.15. The predicted octanol–water partition coefficient (Wildman–Crippen LogP) is 5.40. The molecule has 1 fully saturated rings. The van der Waals surface area contributed by atoms with Crippen molar-refractivity contribution in [1.29, 1.82) is 0 Å². The van der Waals surface area contributed by atoms with Crippen LogP contribution in [0.1, 0.15) is 65.6 Å². The number of aliphatic hydroxyl groups excluding tert-OH is 1. The molecule has 0 saturated carbocycles. The highest BCUT2D eigenvalue weighted by molar-refractivity contribution is 7.13. The molecule has 3 rings (SSSR count). The van der Waals surface area contributed by atoms with Crippen molar-refractivity contribution in [1.82, 2.24) is 9.88 Å². The van der Waals surface area contributed by atoms with Crippen LogP contribution in [-0.2, 0) is 16.0 Å². The molecular weight excluding hydrogens is 446 g/mol. The normalized spacial score (nSPS) is 14.1. The Balaban J connectivity index is -0.000000411. The molecule has 3 N–H and O–H groups in total. The van der Waals surface area contributed by atoms with Crippen molar-refractivity contribution in [3.63, 3.8) is 0 Å². The molecular formula is C27H49N3O3S. The van der Waals surface area contributed by atoms with Crippen LogP contribution in [0, 0.1) is 12.3 Å². The third kappa shape index (κ3) is 18.5. The summed E-state index contributed by atoms with van der Waals surface area (Å²) in [6.07, 6.45) is 3.62. The molecule has 1 unspecified atom stereocenters. The molecule has 34 heavy (non-hydrogen) atoms. The van der Waals surface area contributed by atoms with Gasteiger partial charge in [-0.25, -0.2) is 4.98 Å². The summed E-state index contributed by atoms with van der Waals surface area (Å²) < 4.78 is 0. The Hall–Kier alpha value is -1.93. The molecule has 196 valence electrons. The number of aldehydes is 1. The van der Waals surface area contributed by atoms with Crippen LogP contribution in [0.4, 0.5) is 0 Å². The Labute approximate surface area is 212 Å². The van der Waals surface area contributed by atoms with Crippen LogP contribution >= 0.6 is 11.3 Å². The second-order valence-electron chi connectivity index (χ2n) is 8.45. The first-order chi connectivity index (χ1) is 16.2. The van der Waals surface area contributed by atoms with Crippen molar-refractivity contribution < 1.29 is 14.7 Å². The minimum Gasteiger partial charge on any atom is -0.392 e. The summed E-state index contributed by atoms with van der Waals surface area (Å²) in [5.74, 6) is 0. The Morgan fingerprint density at radius 3 is 1.97 bits per heavy atom. The van der Waals surface area contributed by atoms with Gasteiger partial charge >= 0.3 is 0 Å². The van der Waals surface area contributed by atoms with Crippen LogP contribution in [-0.4, -0.2) is 61.4 Å². The number of aryl methyl sites for hydroxylation is 2. The third-order valence-electron chi connectivity index (χ3n) is 4.43. The van der Waals surface area contributed by atoms with Gasteiger partial charge in [0, 0.05) is 19.5 Å². The SMILES string of the molecule is C=O.CC.CC(C)(C)CC=O.CCc1ccc(-c2scnc2C)cc1.CN.CN1CCC(O)C1. The molecule has 6 nitrogen and oxygen atoms in total. The zero-order valence-electron chi connectivity index (χ0n) is 22.9. The average molecular weight is 496 g/mol. The van der Waals surface area contributed by atoms with Gasteiger partial charge in [0.25, 0.3) is 0 Å². The van der Waals surface area contributed by atoms with E-state index in [-0.39, 0.29) is 11.5 Å². The van der Waals surface area contributed by atoms with Crippen LogP contribution < -0.4 is 5.73 Å². The van der Waals surface area contributed by atoms with Crippen LogP contribution in [0.25, 0.3) is 10.4 Å². The maximum atomic E-state index is 9.82. The van der Waals surface area contributed by atoms with Gasteiger partial charge in [0.15, 0.2) is 0 Å². The van der Waals surface area contributed by atoms with Crippen molar-refractivity contribution in [3.05, 3.63) is 41.0 Å². The number of benzene rings is 1. The maximum absolute atomic E-state index is 9.82. The Kier molecular flexibility index (Phi) is 24.6. The van der Waals surface area contributed by atoms with E-state index in [2.05, 4.69) is 53.7 Å². The zero-order valence-corrected chi connectivity index (χ0v) is 23.7. The van der Waals surface area contributed by atoms with Gasteiger partial charge in [0.05, 0.1) is 22.2 Å². The van der Waals surface area contributed by atoms with Crippen LogP contribution in [0.3, 0.4) is 0 Å². The molecule has 7 heteroatoms. The summed E-state index contributed by atoms with van der Waals surface area (Å²) in [5.41, 5.74) is 10.4. The standard InChI is InChI=1S/C12H13NS.C6H12O.C5H11NO.C2H6.CH5N.CH2O/c1-3-10-4-6-11(7-5-10)12-9(2)13-8-14-12;1-6(2,3)4-5-7;1-6-3-2-5(7)4-6;3*1-2/h4-8H,3H2,1-2H3;5H,4H2,1-3H3;5,7H,2-4H2,1H3;1-2H3;2H2,1H3;1H2. The van der Waals surface area contributed by atoms with Gasteiger partial charge in [-0.05, 0) is 50.4 Å². The van der Waals surface area contributed by atoms with E-state index in [1.165, 1.54) is 23.1 Å². The summed E-state index contributed by atoms with van der Waals surface area (Å²) in [7, 11) is 3.52. The number of carbonyl (C=O) groups excluding carboxylic acids is 2. The number of thiazole rings is 1. The summed E-state index contributed by atoms with van der Waals surface area (Å²) >= 11 is 1.70. The lowest BCUT2D eigenvalue weighted by atomic mass is 9.93. The molecule has 1 saturated heterocycles. The number of likely N-dealkylation sites (N-methyl/N-ethyl adjacent to an activating group) is 1. The Morgan fingerprint density at radius 1 is 1.21 bits per heavy atom. The molecule has 2 heterocycles. The second kappa shape index (κ2) is 22.8. The highest BCUT2D eigenvalue weighted by atomic mass is 32.1. The second-order valence-corrected chi connectivity index (χ2v) is 9.31. The summed E-state index contributed by atoms with van der Waals surface area (Å²) in [6.45, 7) is 18.3. The van der Waals surface area contributed by atoms with Crippen LogP contribution in [0.5, 0.6) is 0 Å². The van der Waals surface area contributed by atoms with Crippen molar-refractivity contribution >= 4 is 24.4 Å². The van der Waals surface area contributed by atoms with Crippen molar-refractivity contribution in [2.45, 2.75) is 73.8 Å². The molecule has 1 aliphatic rings. The molecule has 1 aliphatic heterocycles. The van der Waals surface area contributed by atoms with Gasteiger partial charge in [0.1, 0.15) is 13.1 Å². The number of hydrogen-bond donors (Lipinski definition) is 2. The number of nitrogens with two attached hydrogens (primary N) is 1. The largest absolute Gasteiger partial charge is 0.392 e. The van der Waals surface area contributed by atoms with E-state index in [4.69, 9.17) is 9.90 Å². The summed E-state index contributed by atoms with van der Waals surface area (Å²) in [4.78, 5) is 25.5. The number of hydrogen-bond acceptors (Lipinski definition) is 7. The average Bonchev–Trinajstić information content (AvgIpc) is 3.44. The van der Waals surface area contributed by atoms with Gasteiger partial charge in [-0.3, -0.25) is 0 Å². The van der Waals surface area contributed by atoms with E-state index in [1.807, 2.05) is 54.0 Å². The third-order valence-corrected chi connectivity index (χ3v) is 5.41. The summed E-state index contributed by atoms with van der Waals surface area (Å²) in [6, 6.07) is 8.74. The quantitative estimate of drug-likeness (QED) is 0.553. The van der Waals surface area contributed by atoms with E-state index in [9.17, 15) is 4.79 Å². The highest BCUT2D eigenvalue weighted by Crippen LogP contribution is 2.27. The number of β-amino-alcohol motifs (C(OH)–C–C–N with tert-alkyl or cyclic N) is 1. The minimum atomic E-state index is -0.0509. The fourth-order valence-corrected chi connectivity index (χ4v) is 3.44. The summed E-state index contributed by atoms with van der Waals surface area (Å²) in [5, 5.41) is 8.86. The molecule has 0 spiro atoms. The molecule has 1 aromatic heterocycles. The molecule has 1 aromatic carbocycles. The number of aliphatic hydroxyl groups is 1. The van der Waals surface area contributed by atoms with Crippen LogP contribution in [0.15, 0.2) is 29.8 Å². The van der Waals surface area contributed by atoms with E-state index >= 15 is 0 Å². The van der Waals surface area contributed by atoms with Gasteiger partial charge in [0.2, 0.25) is 0 Å². The minimum absolute atomic E-state index is 0.0509. The lowest BCUT2D eigenvalue weighted by Crippen LogP contribution is -2.15. The molecule has 1 atom stereocenters. The first kappa shape index (κ1) is 36.6. The van der Waals surface area contributed by atoms with Crippen molar-refractivity contribution in [3.8, 4) is 10.4 Å². The molecule has 0 bridgehead atoms. The molecule has 2 aromatic rings. The van der Waals surface area contributed by atoms with E-state index in [0.29, 0.717) is 6.42 Å². The lowest BCUT2D eigenvalue weighted by molar-refractivity contribution is -0.109. The first-order valence-electron chi connectivity index (χ1n) is 11.8. The monoisotopic (exact) mass is 495 g/mol. The lowest BCUT2D eigenvalue weighted by Gasteiger charge is -2.11. The van der Waals surface area contributed by atoms with Crippen molar-refractivity contribution in [2.24, 2.45) is 11.1 Å². The smallest absolute Gasteiger partial charge is 0.120 e. The fraction of sp³-hybridized carbons (Fsp3) is 0.593. The first-order valence-corrected chi connectivity index (χ1v) is 12.7. The molecule has 0 aliphatic carbocycles. The number of likely N-dealkylation sites (tertiary alicyclic amines) is 1. The number of carbonyl (C=O) groups is 2. The van der Waals surface area contributed by atoms with E-state index < -0.39 is 0 Å². The topological polar surface area (TPSA) is 96.5 Å². The van der Waals surface area contributed by atoms with Gasteiger partial charge in [-0.1, -0.05) is 65.8 Å². The van der Waals surface area contributed by atoms with E-state index in [1.54, 1.807) is 11.3 Å². The molecule has 0 radical (unpaired) electrons. The van der Waals surface area contributed by atoms with Gasteiger partial charge in [-0.2, -0.15) is 0 Å². The number of nitrogens with zero attached hydrogens (tertiary/aromatic N) is 2. The van der Waals surface area contributed by atoms with Crippen molar-refractivity contribution in [2.75, 3.05) is 27.2 Å². The number of rotatable bonds is 3. The fourth-order valence-electron chi connectivity index (χ4n) is 2.63. The predicted molar refractivity (Wildman–Crippen MR) is 149 cm³/mol. The maximum Gasteiger partial charge on any atom is 0.120 e.